The molecule has 0 bridgehead atoms. The van der Waals surface area contributed by atoms with E-state index in [-0.39, 0.29) is 29.6 Å². The molecule has 0 saturated carbocycles. The molecular weight excluding hydrogens is 457 g/mol. The summed E-state index contributed by atoms with van der Waals surface area (Å²) >= 11 is 6.07. The molecule has 8 nitrogen and oxygen atoms in total. The number of amides is 3. The van der Waals surface area contributed by atoms with E-state index in [0.29, 0.717) is 16.2 Å². The Labute approximate surface area is 218 Å². The fourth-order valence-electron chi connectivity index (χ4n) is 3.45. The number of rotatable bonds is 6. The van der Waals surface area contributed by atoms with Gasteiger partial charge in [-0.25, -0.2) is 4.79 Å². The Bertz CT molecular complexity index is 1120. The van der Waals surface area contributed by atoms with Gasteiger partial charge in [0.2, 0.25) is 0 Å². The van der Waals surface area contributed by atoms with Gasteiger partial charge in [-0.2, -0.15) is 0 Å². The summed E-state index contributed by atoms with van der Waals surface area (Å²) in [5.74, 6) is -2.21. The monoisotopic (exact) mass is 479 g/mol. The molecule has 1 aliphatic heterocycles. The van der Waals surface area contributed by atoms with Crippen molar-refractivity contribution in [3.8, 4) is 11.1 Å². The van der Waals surface area contributed by atoms with Crippen LogP contribution in [0.25, 0.3) is 11.1 Å². The summed E-state index contributed by atoms with van der Waals surface area (Å²) in [5, 5.41) is 14.8. The first-order chi connectivity index (χ1) is 15.2. The van der Waals surface area contributed by atoms with Crippen LogP contribution >= 0.6 is 11.6 Å². The fraction of sp³-hybridized carbons (Fsp3) is 0.217. The van der Waals surface area contributed by atoms with Crippen LogP contribution in [0.5, 0.6) is 0 Å². The predicted molar refractivity (Wildman–Crippen MR) is 126 cm³/mol. The Balaban J connectivity index is 0.00000385. The van der Waals surface area contributed by atoms with E-state index in [0.717, 1.165) is 11.1 Å². The average molecular weight is 480 g/mol. The number of hydrogen-bond donors (Lipinski definition) is 3. The Morgan fingerprint density at radius 2 is 1.76 bits per heavy atom. The summed E-state index contributed by atoms with van der Waals surface area (Å²) < 4.78 is 0. The maximum absolute atomic E-state index is 12.6. The van der Waals surface area contributed by atoms with Crippen molar-refractivity contribution in [2.75, 3.05) is 7.05 Å². The second kappa shape index (κ2) is 11.5. The molecule has 10 heteroatoms. The van der Waals surface area contributed by atoms with Crippen LogP contribution in [0.15, 0.2) is 60.3 Å². The number of ketones is 1. The van der Waals surface area contributed by atoms with Crippen molar-refractivity contribution in [2.45, 2.75) is 25.4 Å². The number of carbonyl (C=O) groups is 4. The van der Waals surface area contributed by atoms with E-state index in [2.05, 4.69) is 10.6 Å². The van der Waals surface area contributed by atoms with Gasteiger partial charge in [-0.15, -0.1) is 0 Å². The second-order valence-corrected chi connectivity index (χ2v) is 7.90. The van der Waals surface area contributed by atoms with Crippen LogP contribution in [-0.2, 0) is 14.4 Å². The summed E-state index contributed by atoms with van der Waals surface area (Å²) in [4.78, 5) is 49.9. The number of nitrogens with zero attached hydrogens (tertiary/aromatic N) is 1. The zero-order valence-electron chi connectivity index (χ0n) is 17.5. The van der Waals surface area contributed by atoms with Gasteiger partial charge in [0.05, 0.1) is 12.5 Å². The molecule has 2 aromatic rings. The van der Waals surface area contributed by atoms with Crippen LogP contribution in [0.3, 0.4) is 0 Å². The van der Waals surface area contributed by atoms with Crippen LogP contribution in [0, 0.1) is 0 Å². The Morgan fingerprint density at radius 3 is 2.39 bits per heavy atom. The van der Waals surface area contributed by atoms with Crippen molar-refractivity contribution in [1.29, 1.82) is 0 Å². The quantitative estimate of drug-likeness (QED) is 0.435. The first kappa shape index (κ1) is 26.6. The molecule has 2 unspecified atom stereocenters. The normalized spacial score (nSPS) is 16.4. The molecule has 0 aromatic heterocycles. The Kier molecular flexibility index (Phi) is 9.25. The molecule has 1 heterocycles. The molecule has 1 aliphatic rings. The minimum atomic E-state index is -1.37. The molecule has 3 amide bonds. The van der Waals surface area contributed by atoms with Gasteiger partial charge in [0.25, 0.3) is 5.91 Å². The van der Waals surface area contributed by atoms with Crippen molar-refractivity contribution in [2.24, 2.45) is 0 Å². The van der Waals surface area contributed by atoms with E-state index < -0.39 is 42.2 Å². The molecular formula is C23H23ClN3NaO5. The van der Waals surface area contributed by atoms with E-state index in [1.54, 1.807) is 43.3 Å². The van der Waals surface area contributed by atoms with Crippen LogP contribution in [-0.4, -0.2) is 76.3 Å². The third kappa shape index (κ3) is 6.68. The van der Waals surface area contributed by atoms with E-state index in [4.69, 9.17) is 11.6 Å². The molecule has 2 aromatic carbocycles. The van der Waals surface area contributed by atoms with Crippen molar-refractivity contribution in [1.82, 2.24) is 15.5 Å². The molecule has 0 aliphatic carbocycles. The van der Waals surface area contributed by atoms with Gasteiger partial charge >= 0.3 is 41.6 Å². The van der Waals surface area contributed by atoms with Crippen molar-refractivity contribution in [3.05, 3.63) is 70.9 Å². The van der Waals surface area contributed by atoms with Gasteiger partial charge in [0, 0.05) is 23.8 Å². The summed E-state index contributed by atoms with van der Waals surface area (Å²) in [7, 11) is 1.49. The van der Waals surface area contributed by atoms with Crippen LogP contribution in [0.2, 0.25) is 5.02 Å². The van der Waals surface area contributed by atoms with Crippen LogP contribution in [0.1, 0.15) is 24.9 Å². The van der Waals surface area contributed by atoms with E-state index >= 15 is 0 Å². The van der Waals surface area contributed by atoms with Crippen molar-refractivity contribution >= 4 is 64.8 Å². The summed E-state index contributed by atoms with van der Waals surface area (Å²) in [6.07, 6.45) is 1.01. The summed E-state index contributed by atoms with van der Waals surface area (Å²) in [6.45, 7) is 1.55. The number of carboxylic acid groups (broad SMARTS) is 1. The van der Waals surface area contributed by atoms with Crippen molar-refractivity contribution < 1.29 is 24.3 Å². The Hall–Kier alpha value is -2.65. The number of aliphatic carboxylic acids is 1. The average Bonchev–Trinajstić information content (AvgIpc) is 2.75. The van der Waals surface area contributed by atoms with E-state index in [1.165, 1.54) is 18.1 Å². The van der Waals surface area contributed by atoms with Gasteiger partial charge in [-0.05, 0) is 41.8 Å². The number of hydrogen-bond acceptors (Lipinski definition) is 4. The molecule has 0 radical (unpaired) electrons. The second-order valence-electron chi connectivity index (χ2n) is 7.46. The third-order valence-electron chi connectivity index (χ3n) is 5.04. The van der Waals surface area contributed by atoms with Gasteiger partial charge in [0.15, 0.2) is 11.8 Å². The number of halogens is 1. The fourth-order valence-corrected chi connectivity index (χ4v) is 3.64. The molecule has 33 heavy (non-hydrogen) atoms. The first-order valence-corrected chi connectivity index (χ1v) is 10.2. The van der Waals surface area contributed by atoms with Gasteiger partial charge < -0.3 is 20.6 Å². The number of carbonyl (C=O) groups excluding carboxylic acids is 3. The maximum atomic E-state index is 12.6. The van der Waals surface area contributed by atoms with Crippen molar-refractivity contribution in [3.63, 3.8) is 0 Å². The molecule has 168 valence electrons. The number of benzene rings is 2. The zero-order chi connectivity index (χ0) is 23.4. The number of nitrogens with one attached hydrogen (secondary N) is 2. The van der Waals surface area contributed by atoms with Crippen LogP contribution in [0.4, 0.5) is 4.79 Å². The minimum absolute atomic E-state index is 0. The van der Waals surface area contributed by atoms with Gasteiger partial charge in [0.1, 0.15) is 0 Å². The predicted octanol–water partition coefficient (Wildman–Crippen LogP) is 2.49. The number of Topliss-reactive ketones (excluding diaryl/α,β-unsaturated/α-hetero) is 1. The molecule has 0 fully saturated rings. The third-order valence-corrected chi connectivity index (χ3v) is 5.27. The summed E-state index contributed by atoms with van der Waals surface area (Å²) in [6, 6.07) is 11.2. The van der Waals surface area contributed by atoms with Crippen LogP contribution < -0.4 is 10.6 Å². The first-order valence-electron chi connectivity index (χ1n) is 9.79. The zero-order valence-corrected chi connectivity index (χ0v) is 18.2. The SMILES string of the molecule is CC1=CN(C)C(=O)C(NC(=O)NC(CC(=O)O)c2cccc(-c3cccc(Cl)c3)c2)C1=O.[NaH]. The van der Waals surface area contributed by atoms with Gasteiger partial charge in [-0.3, -0.25) is 14.4 Å². The standard InChI is InChI=1S/C23H22ClN3O5.Na.H/c1-13-12-27(2)22(31)20(21(13)30)26-23(32)25-18(11-19(28)29)16-7-3-5-14(9-16)15-6-4-8-17(24)10-15;;/h3-10,12,18,20H,11H2,1-2H3,(H,28,29)(H2,25,26,32);;. The number of likely N-dealkylation sites (N-methyl/N-ethyl adjacent to an activating group) is 1. The molecule has 3 rings (SSSR count). The molecule has 0 saturated heterocycles. The molecule has 3 N–H and O–H groups in total. The van der Waals surface area contributed by atoms with E-state index in [9.17, 15) is 24.3 Å². The molecule has 0 spiro atoms. The van der Waals surface area contributed by atoms with Gasteiger partial charge in [-0.1, -0.05) is 41.9 Å². The Morgan fingerprint density at radius 1 is 1.12 bits per heavy atom. The number of carboxylic acids is 1. The topological polar surface area (TPSA) is 116 Å². The summed E-state index contributed by atoms with van der Waals surface area (Å²) in [5.41, 5.74) is 2.51. The molecule has 2 atom stereocenters. The number of urea groups is 1. The van der Waals surface area contributed by atoms with E-state index in [1.807, 2.05) is 12.1 Å².